The van der Waals surface area contributed by atoms with Crippen molar-refractivity contribution in [2.45, 2.75) is 18.9 Å². The zero-order chi connectivity index (χ0) is 19.0. The van der Waals surface area contributed by atoms with Gasteiger partial charge in [-0.05, 0) is 45.1 Å². The van der Waals surface area contributed by atoms with Crippen LogP contribution in [0, 0.1) is 5.41 Å². The molecule has 1 aliphatic rings. The number of benzene rings is 1. The fourth-order valence-corrected chi connectivity index (χ4v) is 3.51. The van der Waals surface area contributed by atoms with Crippen LogP contribution in [0.5, 0.6) is 5.75 Å². The predicted octanol–water partition coefficient (Wildman–Crippen LogP) is 2.17. The Bertz CT molecular complexity index is 989. The van der Waals surface area contributed by atoms with Gasteiger partial charge in [0.2, 0.25) is 0 Å². The van der Waals surface area contributed by atoms with Gasteiger partial charge in [-0.1, -0.05) is 12.1 Å². The molecule has 0 spiro atoms. The van der Waals surface area contributed by atoms with E-state index in [9.17, 15) is 5.11 Å². The molecular formula is C19H23N7O. The van der Waals surface area contributed by atoms with Gasteiger partial charge in [0.25, 0.3) is 0 Å². The highest BCUT2D eigenvalue weighted by atomic mass is 16.3. The summed E-state index contributed by atoms with van der Waals surface area (Å²) in [5.41, 5.74) is 7.93. The van der Waals surface area contributed by atoms with E-state index >= 15 is 0 Å². The topological polar surface area (TPSA) is 127 Å². The van der Waals surface area contributed by atoms with Crippen molar-refractivity contribution in [3.63, 3.8) is 0 Å². The minimum atomic E-state index is 0.147. The molecule has 0 saturated carbocycles. The summed E-state index contributed by atoms with van der Waals surface area (Å²) in [4.78, 5) is 13.8. The van der Waals surface area contributed by atoms with Gasteiger partial charge >= 0.3 is 0 Å². The van der Waals surface area contributed by atoms with Crippen LogP contribution in [0.2, 0.25) is 0 Å². The monoisotopic (exact) mass is 365 g/mol. The van der Waals surface area contributed by atoms with E-state index in [0.717, 1.165) is 31.3 Å². The molecule has 140 valence electrons. The number of likely N-dealkylation sites (tertiary alicyclic amines) is 1. The number of piperidine rings is 1. The summed E-state index contributed by atoms with van der Waals surface area (Å²) in [5.74, 6) is 0.978. The molecular weight excluding hydrogens is 342 g/mol. The van der Waals surface area contributed by atoms with Gasteiger partial charge in [-0.3, -0.25) is 5.41 Å². The molecule has 0 aliphatic carbocycles. The lowest BCUT2D eigenvalue weighted by Gasteiger charge is -2.30. The Morgan fingerprint density at radius 2 is 2.11 bits per heavy atom. The molecule has 0 bridgehead atoms. The first kappa shape index (κ1) is 17.3. The van der Waals surface area contributed by atoms with Crippen molar-refractivity contribution in [1.29, 1.82) is 5.41 Å². The van der Waals surface area contributed by atoms with E-state index in [1.54, 1.807) is 12.1 Å². The minimum Gasteiger partial charge on any atom is -0.506 e. The van der Waals surface area contributed by atoms with Crippen LogP contribution in [0.3, 0.4) is 0 Å². The van der Waals surface area contributed by atoms with Gasteiger partial charge < -0.3 is 26.0 Å². The number of H-pyrrole nitrogens is 1. The largest absolute Gasteiger partial charge is 0.506 e. The fourth-order valence-electron chi connectivity index (χ4n) is 3.51. The number of fused-ring (bicyclic) bond motifs is 1. The molecule has 6 N–H and O–H groups in total. The zero-order valence-corrected chi connectivity index (χ0v) is 15.2. The lowest BCUT2D eigenvalue weighted by molar-refractivity contribution is 0.263. The second-order valence-electron chi connectivity index (χ2n) is 7.00. The molecule has 3 aromatic rings. The number of aromatic amines is 1. The minimum absolute atomic E-state index is 0.147. The standard InChI is InChI=1S/C19H23N7O/c1-26-7-5-12(6-8-26)24-19-15(18(21)22-10-23-19)16(20)13-9-11-3-2-4-14(27)17(11)25-13/h2-4,9-10,12,20,25,27H,5-8H2,1H3,(H3,21,22,23,24). The first-order valence-corrected chi connectivity index (χ1v) is 8.98. The molecule has 1 aliphatic heterocycles. The van der Waals surface area contributed by atoms with E-state index in [-0.39, 0.29) is 23.3 Å². The third-order valence-electron chi connectivity index (χ3n) is 5.09. The van der Waals surface area contributed by atoms with Gasteiger partial charge in [0.1, 0.15) is 23.7 Å². The summed E-state index contributed by atoms with van der Waals surface area (Å²) in [6.07, 6.45) is 3.43. The maximum atomic E-state index is 10.0. The quantitative estimate of drug-likeness (QED) is 0.451. The normalized spacial score (nSPS) is 15.9. The molecule has 1 fully saturated rings. The maximum Gasteiger partial charge on any atom is 0.141 e. The molecule has 4 rings (SSSR count). The lowest BCUT2D eigenvalue weighted by Crippen LogP contribution is -2.37. The molecule has 0 amide bonds. The lowest BCUT2D eigenvalue weighted by atomic mass is 10.0. The molecule has 27 heavy (non-hydrogen) atoms. The molecule has 1 saturated heterocycles. The zero-order valence-electron chi connectivity index (χ0n) is 15.2. The van der Waals surface area contributed by atoms with Crippen molar-refractivity contribution in [2.75, 3.05) is 31.2 Å². The highest BCUT2D eigenvalue weighted by Crippen LogP contribution is 2.28. The number of hydrogen-bond donors (Lipinski definition) is 5. The number of anilines is 2. The van der Waals surface area contributed by atoms with Crippen LogP contribution in [0.1, 0.15) is 24.1 Å². The van der Waals surface area contributed by atoms with Crippen molar-refractivity contribution in [2.24, 2.45) is 0 Å². The van der Waals surface area contributed by atoms with Crippen LogP contribution >= 0.6 is 0 Å². The van der Waals surface area contributed by atoms with Gasteiger partial charge in [-0.2, -0.15) is 0 Å². The molecule has 0 radical (unpaired) electrons. The molecule has 3 heterocycles. The van der Waals surface area contributed by atoms with E-state index in [4.69, 9.17) is 11.1 Å². The third-order valence-corrected chi connectivity index (χ3v) is 5.09. The highest BCUT2D eigenvalue weighted by molar-refractivity contribution is 6.17. The summed E-state index contributed by atoms with van der Waals surface area (Å²) in [7, 11) is 2.12. The Hall–Kier alpha value is -3.13. The summed E-state index contributed by atoms with van der Waals surface area (Å²) < 4.78 is 0. The first-order valence-electron chi connectivity index (χ1n) is 8.98. The average Bonchev–Trinajstić information content (AvgIpc) is 3.09. The molecule has 0 atom stereocenters. The number of para-hydroxylation sites is 1. The first-order chi connectivity index (χ1) is 13.0. The van der Waals surface area contributed by atoms with Crippen LogP contribution in [-0.4, -0.2) is 56.8 Å². The molecule has 2 aromatic heterocycles. The number of rotatable bonds is 4. The summed E-state index contributed by atoms with van der Waals surface area (Å²) in [5, 5.41) is 23.0. The second kappa shape index (κ2) is 6.88. The van der Waals surface area contributed by atoms with Crippen molar-refractivity contribution in [3.8, 4) is 5.75 Å². The number of phenolic OH excluding ortho intramolecular Hbond substituents is 1. The summed E-state index contributed by atoms with van der Waals surface area (Å²) in [6.45, 7) is 2.04. The number of aromatic hydroxyl groups is 1. The Morgan fingerprint density at radius 1 is 1.33 bits per heavy atom. The predicted molar refractivity (Wildman–Crippen MR) is 106 cm³/mol. The molecule has 8 heteroatoms. The Labute approximate surface area is 156 Å². The number of phenols is 1. The van der Waals surface area contributed by atoms with Crippen molar-refractivity contribution in [3.05, 3.63) is 41.9 Å². The van der Waals surface area contributed by atoms with E-state index in [0.29, 0.717) is 22.6 Å². The van der Waals surface area contributed by atoms with Crippen LogP contribution in [0.15, 0.2) is 30.6 Å². The van der Waals surface area contributed by atoms with Gasteiger partial charge in [0.05, 0.1) is 22.5 Å². The van der Waals surface area contributed by atoms with Crippen LogP contribution in [0.25, 0.3) is 10.9 Å². The SMILES string of the molecule is CN1CCC(Nc2ncnc(N)c2C(=N)c2cc3cccc(O)c3[nH]2)CC1. The number of hydrogen-bond acceptors (Lipinski definition) is 7. The Balaban J connectivity index is 1.67. The van der Waals surface area contributed by atoms with Gasteiger partial charge in [0, 0.05) is 11.4 Å². The van der Waals surface area contributed by atoms with Gasteiger partial charge in [0.15, 0.2) is 0 Å². The number of aromatic nitrogens is 3. The Kier molecular flexibility index (Phi) is 4.41. The number of nitrogens with two attached hydrogens (primary N) is 1. The van der Waals surface area contributed by atoms with Crippen LogP contribution < -0.4 is 11.1 Å². The van der Waals surface area contributed by atoms with Crippen molar-refractivity contribution >= 4 is 28.3 Å². The fraction of sp³-hybridized carbons (Fsp3) is 0.316. The smallest absolute Gasteiger partial charge is 0.141 e. The van der Waals surface area contributed by atoms with E-state index in [1.165, 1.54) is 6.33 Å². The maximum absolute atomic E-state index is 10.0. The van der Waals surface area contributed by atoms with Gasteiger partial charge in [-0.15, -0.1) is 0 Å². The number of nitrogen functional groups attached to an aromatic ring is 1. The molecule has 8 nitrogen and oxygen atoms in total. The number of nitrogens with one attached hydrogen (secondary N) is 3. The summed E-state index contributed by atoms with van der Waals surface area (Å²) in [6, 6.07) is 7.37. The third kappa shape index (κ3) is 3.31. The van der Waals surface area contributed by atoms with Gasteiger partial charge in [-0.25, -0.2) is 9.97 Å². The molecule has 0 unspecified atom stereocenters. The van der Waals surface area contributed by atoms with Crippen LogP contribution in [-0.2, 0) is 0 Å². The van der Waals surface area contributed by atoms with Crippen molar-refractivity contribution in [1.82, 2.24) is 19.9 Å². The average molecular weight is 365 g/mol. The second-order valence-corrected chi connectivity index (χ2v) is 7.00. The Morgan fingerprint density at radius 3 is 2.85 bits per heavy atom. The van der Waals surface area contributed by atoms with E-state index < -0.39 is 0 Å². The van der Waals surface area contributed by atoms with E-state index in [1.807, 2.05) is 12.1 Å². The summed E-state index contributed by atoms with van der Waals surface area (Å²) >= 11 is 0. The highest BCUT2D eigenvalue weighted by Gasteiger charge is 2.22. The molecule has 1 aromatic carbocycles. The van der Waals surface area contributed by atoms with Crippen molar-refractivity contribution < 1.29 is 5.11 Å². The van der Waals surface area contributed by atoms with Crippen LogP contribution in [0.4, 0.5) is 11.6 Å². The number of nitrogens with zero attached hydrogens (tertiary/aromatic N) is 3. The van der Waals surface area contributed by atoms with E-state index in [2.05, 4.69) is 32.2 Å².